The lowest BCUT2D eigenvalue weighted by Gasteiger charge is -2.09. The van der Waals surface area contributed by atoms with E-state index >= 15 is 0 Å². The molecule has 0 aliphatic carbocycles. The van der Waals surface area contributed by atoms with Crippen LogP contribution in [0.25, 0.3) is 0 Å². The molecular formula is C11H12BrFO. The molecule has 0 bridgehead atoms. The highest BCUT2D eigenvalue weighted by Gasteiger charge is 2.19. The third-order valence-corrected chi connectivity index (χ3v) is 2.93. The molecule has 0 saturated carbocycles. The molecule has 1 aromatic rings. The van der Waals surface area contributed by atoms with Crippen LogP contribution in [0.5, 0.6) is 0 Å². The molecule has 1 rings (SSSR count). The summed E-state index contributed by atoms with van der Waals surface area (Å²) in [5, 5.41) is 0. The zero-order valence-electron chi connectivity index (χ0n) is 8.18. The number of Topliss-reactive ketones (excluding diaryl/α,β-unsaturated/α-hetero) is 1. The van der Waals surface area contributed by atoms with E-state index in [-0.39, 0.29) is 17.3 Å². The van der Waals surface area contributed by atoms with E-state index in [0.717, 1.165) is 6.42 Å². The minimum atomic E-state index is -0.454. The molecule has 14 heavy (non-hydrogen) atoms. The van der Waals surface area contributed by atoms with Crippen LogP contribution in [-0.4, -0.2) is 5.78 Å². The monoisotopic (exact) mass is 258 g/mol. The molecule has 1 nitrogen and oxygen atoms in total. The highest BCUT2D eigenvalue weighted by atomic mass is 79.9. The fourth-order valence-corrected chi connectivity index (χ4v) is 1.70. The van der Waals surface area contributed by atoms with Gasteiger partial charge in [0.2, 0.25) is 0 Å². The molecule has 0 aromatic heterocycles. The van der Waals surface area contributed by atoms with Crippen molar-refractivity contribution in [1.29, 1.82) is 0 Å². The Bertz CT molecular complexity index is 329. The fourth-order valence-electron chi connectivity index (χ4n) is 1.17. The lowest BCUT2D eigenvalue weighted by Crippen LogP contribution is -2.12. The molecular weight excluding hydrogens is 247 g/mol. The SMILES string of the molecule is CCC(C)C(=O)c1c(F)cccc1Br. The Labute approximate surface area is 91.5 Å². The summed E-state index contributed by atoms with van der Waals surface area (Å²) in [4.78, 5) is 11.7. The van der Waals surface area contributed by atoms with Gasteiger partial charge in [-0.1, -0.05) is 19.9 Å². The molecule has 0 saturated heterocycles. The van der Waals surface area contributed by atoms with Gasteiger partial charge in [-0.25, -0.2) is 4.39 Å². The summed E-state index contributed by atoms with van der Waals surface area (Å²) in [5.41, 5.74) is 0.168. The Balaban J connectivity index is 3.12. The van der Waals surface area contributed by atoms with Gasteiger partial charge in [0, 0.05) is 10.4 Å². The topological polar surface area (TPSA) is 17.1 Å². The molecule has 0 spiro atoms. The van der Waals surface area contributed by atoms with Crippen molar-refractivity contribution in [1.82, 2.24) is 0 Å². The maximum atomic E-state index is 13.3. The van der Waals surface area contributed by atoms with Gasteiger partial charge in [0.25, 0.3) is 0 Å². The van der Waals surface area contributed by atoms with Gasteiger partial charge in [0.05, 0.1) is 5.56 Å². The van der Waals surface area contributed by atoms with E-state index in [1.807, 2.05) is 6.92 Å². The molecule has 3 heteroatoms. The van der Waals surface area contributed by atoms with E-state index in [0.29, 0.717) is 4.47 Å². The molecule has 0 aliphatic rings. The van der Waals surface area contributed by atoms with E-state index in [1.165, 1.54) is 6.07 Å². The maximum absolute atomic E-state index is 13.3. The Kier molecular flexibility index (Phi) is 3.81. The number of benzene rings is 1. The number of rotatable bonds is 3. The fraction of sp³-hybridized carbons (Fsp3) is 0.364. The van der Waals surface area contributed by atoms with Crippen molar-refractivity contribution in [3.63, 3.8) is 0 Å². The Morgan fingerprint density at radius 2 is 2.21 bits per heavy atom. The summed E-state index contributed by atoms with van der Waals surface area (Å²) < 4.78 is 13.9. The number of hydrogen-bond acceptors (Lipinski definition) is 1. The number of halogens is 2. The van der Waals surface area contributed by atoms with Gasteiger partial charge < -0.3 is 0 Å². The summed E-state index contributed by atoms with van der Waals surface area (Å²) in [5.74, 6) is -0.731. The van der Waals surface area contributed by atoms with E-state index in [9.17, 15) is 9.18 Å². The highest BCUT2D eigenvalue weighted by molar-refractivity contribution is 9.10. The number of carbonyl (C=O) groups is 1. The van der Waals surface area contributed by atoms with E-state index in [1.54, 1.807) is 19.1 Å². The first-order valence-electron chi connectivity index (χ1n) is 4.56. The van der Waals surface area contributed by atoms with Crippen LogP contribution in [0.3, 0.4) is 0 Å². The minimum absolute atomic E-state index is 0.136. The Morgan fingerprint density at radius 3 is 2.71 bits per heavy atom. The van der Waals surface area contributed by atoms with Crippen molar-refractivity contribution in [2.24, 2.45) is 5.92 Å². The van der Waals surface area contributed by atoms with Crippen LogP contribution >= 0.6 is 15.9 Å². The van der Waals surface area contributed by atoms with E-state index in [2.05, 4.69) is 15.9 Å². The summed E-state index contributed by atoms with van der Waals surface area (Å²) >= 11 is 3.18. The first-order chi connectivity index (χ1) is 6.57. The summed E-state index contributed by atoms with van der Waals surface area (Å²) in [6.45, 7) is 3.72. The van der Waals surface area contributed by atoms with Crippen LogP contribution in [0, 0.1) is 11.7 Å². The first-order valence-corrected chi connectivity index (χ1v) is 5.35. The summed E-state index contributed by atoms with van der Waals surface area (Å²) in [6, 6.07) is 4.56. The number of carbonyl (C=O) groups excluding carboxylic acids is 1. The first kappa shape index (κ1) is 11.4. The van der Waals surface area contributed by atoms with Crippen LogP contribution in [0.2, 0.25) is 0 Å². The zero-order valence-corrected chi connectivity index (χ0v) is 9.77. The Morgan fingerprint density at radius 1 is 1.57 bits per heavy atom. The second kappa shape index (κ2) is 4.69. The second-order valence-electron chi connectivity index (χ2n) is 3.27. The molecule has 0 heterocycles. The largest absolute Gasteiger partial charge is 0.294 e. The lowest BCUT2D eigenvalue weighted by molar-refractivity contribution is 0.0922. The van der Waals surface area contributed by atoms with Crippen LogP contribution in [0.1, 0.15) is 30.6 Å². The third kappa shape index (κ3) is 2.21. The normalized spacial score (nSPS) is 12.6. The molecule has 0 radical (unpaired) electrons. The van der Waals surface area contributed by atoms with Gasteiger partial charge in [-0.05, 0) is 34.5 Å². The van der Waals surface area contributed by atoms with Crippen LogP contribution in [0.4, 0.5) is 4.39 Å². The van der Waals surface area contributed by atoms with Crippen molar-refractivity contribution in [2.75, 3.05) is 0 Å². The van der Waals surface area contributed by atoms with Crippen molar-refractivity contribution < 1.29 is 9.18 Å². The van der Waals surface area contributed by atoms with Gasteiger partial charge in [-0.15, -0.1) is 0 Å². The smallest absolute Gasteiger partial charge is 0.169 e. The molecule has 0 aliphatic heterocycles. The third-order valence-electron chi connectivity index (χ3n) is 2.27. The zero-order chi connectivity index (χ0) is 10.7. The van der Waals surface area contributed by atoms with E-state index in [4.69, 9.17) is 0 Å². The predicted octanol–water partition coefficient (Wildman–Crippen LogP) is 3.82. The molecule has 0 N–H and O–H groups in total. The van der Waals surface area contributed by atoms with Gasteiger partial charge in [0.1, 0.15) is 5.82 Å². The molecule has 1 unspecified atom stereocenters. The van der Waals surface area contributed by atoms with Crippen LogP contribution < -0.4 is 0 Å². The summed E-state index contributed by atoms with van der Waals surface area (Å²) in [6.07, 6.45) is 0.722. The number of ketones is 1. The van der Waals surface area contributed by atoms with Crippen molar-refractivity contribution >= 4 is 21.7 Å². The lowest BCUT2D eigenvalue weighted by atomic mass is 9.97. The predicted molar refractivity (Wildman–Crippen MR) is 57.9 cm³/mol. The minimum Gasteiger partial charge on any atom is -0.294 e. The second-order valence-corrected chi connectivity index (χ2v) is 4.12. The van der Waals surface area contributed by atoms with E-state index < -0.39 is 5.82 Å². The van der Waals surface area contributed by atoms with Crippen molar-refractivity contribution in [3.8, 4) is 0 Å². The highest BCUT2D eigenvalue weighted by Crippen LogP contribution is 2.23. The Hall–Kier alpha value is -0.700. The summed E-state index contributed by atoms with van der Waals surface area (Å²) in [7, 11) is 0. The van der Waals surface area contributed by atoms with Crippen molar-refractivity contribution in [2.45, 2.75) is 20.3 Å². The number of hydrogen-bond donors (Lipinski definition) is 0. The van der Waals surface area contributed by atoms with Crippen LogP contribution in [-0.2, 0) is 0 Å². The molecule has 76 valence electrons. The van der Waals surface area contributed by atoms with Gasteiger partial charge >= 0.3 is 0 Å². The maximum Gasteiger partial charge on any atom is 0.169 e. The molecule has 1 aromatic carbocycles. The molecule has 1 atom stereocenters. The molecule has 0 amide bonds. The van der Waals surface area contributed by atoms with Gasteiger partial charge in [0.15, 0.2) is 5.78 Å². The van der Waals surface area contributed by atoms with Crippen molar-refractivity contribution in [3.05, 3.63) is 34.1 Å². The quantitative estimate of drug-likeness (QED) is 0.754. The van der Waals surface area contributed by atoms with Gasteiger partial charge in [-0.2, -0.15) is 0 Å². The molecule has 0 fully saturated rings. The average molecular weight is 259 g/mol. The standard InChI is InChI=1S/C11H12BrFO/c1-3-7(2)11(14)10-8(12)5-4-6-9(10)13/h4-7H,3H2,1-2H3. The van der Waals surface area contributed by atoms with Gasteiger partial charge in [-0.3, -0.25) is 4.79 Å². The average Bonchev–Trinajstić information content (AvgIpc) is 2.16. The van der Waals surface area contributed by atoms with Crippen LogP contribution in [0.15, 0.2) is 22.7 Å².